The molecule has 0 aromatic carbocycles. The molecule has 0 spiro atoms. The molecule has 2 rings (SSSR count). The Kier molecular flexibility index (Phi) is 3.69. The summed E-state index contributed by atoms with van der Waals surface area (Å²) in [6.07, 6.45) is 0.789. The first kappa shape index (κ1) is 12.7. The number of pyridine rings is 1. The molecule has 0 radical (unpaired) electrons. The second-order valence-electron chi connectivity index (χ2n) is 3.90. The van der Waals surface area contributed by atoms with Gasteiger partial charge in [-0.2, -0.15) is 0 Å². The Balaban J connectivity index is 2.56. The second-order valence-corrected chi connectivity index (χ2v) is 3.90. The Morgan fingerprint density at radius 3 is 2.72 bits per heavy atom. The first-order valence-corrected chi connectivity index (χ1v) is 5.54. The van der Waals surface area contributed by atoms with Gasteiger partial charge in [0.2, 0.25) is 0 Å². The summed E-state index contributed by atoms with van der Waals surface area (Å²) in [7, 11) is 3.06. The van der Waals surface area contributed by atoms with Crippen molar-refractivity contribution in [2.24, 2.45) is 0 Å². The predicted octanol–water partition coefficient (Wildman–Crippen LogP) is 0.719. The summed E-state index contributed by atoms with van der Waals surface area (Å²) in [5.74, 6) is 0. The number of ether oxygens (including phenoxy) is 2. The molecule has 0 aliphatic carbocycles. The van der Waals surface area contributed by atoms with Crippen molar-refractivity contribution in [2.75, 3.05) is 14.2 Å². The number of aromatic nitrogens is 3. The molecule has 2 aromatic rings. The predicted molar refractivity (Wildman–Crippen MR) is 66.3 cm³/mol. The van der Waals surface area contributed by atoms with Crippen molar-refractivity contribution in [2.45, 2.75) is 19.8 Å². The Labute approximate surface area is 104 Å². The third-order valence-electron chi connectivity index (χ3n) is 2.69. The molecule has 6 nitrogen and oxygen atoms in total. The maximum atomic E-state index is 11.9. The maximum absolute atomic E-state index is 11.9. The van der Waals surface area contributed by atoms with Gasteiger partial charge in [-0.15, -0.1) is 0 Å². The molecule has 0 unspecified atom stereocenters. The monoisotopic (exact) mass is 249 g/mol. The number of methoxy groups -OCH3 is 2. The molecule has 2 aromatic heterocycles. The van der Waals surface area contributed by atoms with Crippen LogP contribution in [0.2, 0.25) is 0 Å². The molecule has 0 N–H and O–H groups in total. The van der Waals surface area contributed by atoms with E-state index in [9.17, 15) is 4.79 Å². The standard InChI is InChI=1S/C12H15N3O3/c1-8-4-5-9-12(14-8)15(10(16)6-13-9)7-11(17-2)18-3/h4-6,11H,7H2,1-3H3. The number of nitrogens with zero attached hydrogens (tertiary/aromatic N) is 3. The highest BCUT2D eigenvalue weighted by atomic mass is 16.7. The van der Waals surface area contributed by atoms with E-state index in [1.54, 1.807) is 0 Å². The van der Waals surface area contributed by atoms with Crippen LogP contribution in [-0.2, 0) is 16.0 Å². The molecule has 0 fully saturated rings. The van der Waals surface area contributed by atoms with Crippen LogP contribution in [0, 0.1) is 6.92 Å². The van der Waals surface area contributed by atoms with E-state index in [0.29, 0.717) is 11.2 Å². The summed E-state index contributed by atoms with van der Waals surface area (Å²) in [5.41, 5.74) is 1.82. The molecule has 0 aliphatic heterocycles. The van der Waals surface area contributed by atoms with Crippen LogP contribution >= 0.6 is 0 Å². The van der Waals surface area contributed by atoms with Crippen molar-refractivity contribution in [1.82, 2.24) is 14.5 Å². The average Bonchev–Trinajstić information content (AvgIpc) is 2.38. The van der Waals surface area contributed by atoms with Crippen molar-refractivity contribution in [1.29, 1.82) is 0 Å². The summed E-state index contributed by atoms with van der Waals surface area (Å²) >= 11 is 0. The first-order valence-electron chi connectivity index (χ1n) is 5.54. The van der Waals surface area contributed by atoms with Gasteiger partial charge in [-0.25, -0.2) is 9.97 Å². The quantitative estimate of drug-likeness (QED) is 0.747. The van der Waals surface area contributed by atoms with E-state index in [1.807, 2.05) is 19.1 Å². The molecular formula is C12H15N3O3. The molecule has 0 saturated heterocycles. The fourth-order valence-electron chi connectivity index (χ4n) is 1.70. The van der Waals surface area contributed by atoms with Crippen molar-refractivity contribution in [3.63, 3.8) is 0 Å². The zero-order valence-electron chi connectivity index (χ0n) is 10.6. The van der Waals surface area contributed by atoms with Gasteiger partial charge in [-0.3, -0.25) is 9.36 Å². The molecule has 2 heterocycles. The molecule has 0 saturated carbocycles. The van der Waals surface area contributed by atoms with Crippen LogP contribution in [0.3, 0.4) is 0 Å². The van der Waals surface area contributed by atoms with E-state index in [4.69, 9.17) is 9.47 Å². The third kappa shape index (κ3) is 2.39. The summed E-state index contributed by atoms with van der Waals surface area (Å²) in [5, 5.41) is 0. The van der Waals surface area contributed by atoms with Crippen LogP contribution in [0.4, 0.5) is 0 Å². The number of rotatable bonds is 4. The van der Waals surface area contributed by atoms with E-state index < -0.39 is 6.29 Å². The van der Waals surface area contributed by atoms with Crippen LogP contribution in [0.15, 0.2) is 23.1 Å². The number of fused-ring (bicyclic) bond motifs is 1. The van der Waals surface area contributed by atoms with Gasteiger partial charge in [-0.1, -0.05) is 0 Å². The van der Waals surface area contributed by atoms with Crippen LogP contribution in [0.25, 0.3) is 11.2 Å². The summed E-state index contributed by atoms with van der Waals surface area (Å²) in [4.78, 5) is 20.3. The lowest BCUT2D eigenvalue weighted by molar-refractivity contribution is -0.110. The van der Waals surface area contributed by atoms with E-state index in [2.05, 4.69) is 9.97 Å². The van der Waals surface area contributed by atoms with Crippen molar-refractivity contribution in [3.8, 4) is 0 Å². The molecule has 0 aliphatic rings. The minimum atomic E-state index is -0.490. The van der Waals surface area contributed by atoms with Crippen LogP contribution in [-0.4, -0.2) is 35.0 Å². The molecule has 0 amide bonds. The Morgan fingerprint density at radius 2 is 2.06 bits per heavy atom. The fourth-order valence-corrected chi connectivity index (χ4v) is 1.70. The molecule has 0 bridgehead atoms. The lowest BCUT2D eigenvalue weighted by atomic mass is 10.3. The minimum Gasteiger partial charge on any atom is -0.354 e. The Morgan fingerprint density at radius 1 is 1.33 bits per heavy atom. The summed E-state index contributed by atoms with van der Waals surface area (Å²) < 4.78 is 11.7. The number of aryl methyl sites for hydroxylation is 1. The topological polar surface area (TPSA) is 66.2 Å². The molecule has 6 heteroatoms. The highest BCUT2D eigenvalue weighted by Gasteiger charge is 2.12. The Hall–Kier alpha value is -1.79. The van der Waals surface area contributed by atoms with Crippen LogP contribution < -0.4 is 5.56 Å². The van der Waals surface area contributed by atoms with Gasteiger partial charge in [0, 0.05) is 19.9 Å². The van der Waals surface area contributed by atoms with Crippen molar-refractivity contribution < 1.29 is 9.47 Å². The number of hydrogen-bond donors (Lipinski definition) is 0. The summed E-state index contributed by atoms with van der Waals surface area (Å²) in [6, 6.07) is 3.69. The largest absolute Gasteiger partial charge is 0.354 e. The molecule has 96 valence electrons. The van der Waals surface area contributed by atoms with E-state index in [0.717, 1.165) is 5.69 Å². The maximum Gasteiger partial charge on any atom is 0.270 e. The average molecular weight is 249 g/mol. The van der Waals surface area contributed by atoms with Gasteiger partial charge >= 0.3 is 0 Å². The van der Waals surface area contributed by atoms with Crippen molar-refractivity contribution >= 4 is 11.2 Å². The molecular weight excluding hydrogens is 234 g/mol. The minimum absolute atomic E-state index is 0.222. The van der Waals surface area contributed by atoms with E-state index in [-0.39, 0.29) is 12.1 Å². The number of hydrogen-bond acceptors (Lipinski definition) is 5. The smallest absolute Gasteiger partial charge is 0.270 e. The van der Waals surface area contributed by atoms with Gasteiger partial charge in [0.05, 0.1) is 12.7 Å². The van der Waals surface area contributed by atoms with Gasteiger partial charge < -0.3 is 9.47 Å². The van der Waals surface area contributed by atoms with Gasteiger partial charge in [0.25, 0.3) is 5.56 Å². The van der Waals surface area contributed by atoms with Crippen LogP contribution in [0.5, 0.6) is 0 Å². The molecule has 0 atom stereocenters. The van der Waals surface area contributed by atoms with Gasteiger partial charge in [0.15, 0.2) is 11.9 Å². The highest BCUT2D eigenvalue weighted by Crippen LogP contribution is 2.08. The molecule has 18 heavy (non-hydrogen) atoms. The van der Waals surface area contributed by atoms with Gasteiger partial charge in [0.1, 0.15) is 5.52 Å². The van der Waals surface area contributed by atoms with Crippen LogP contribution in [0.1, 0.15) is 5.69 Å². The summed E-state index contributed by atoms with van der Waals surface area (Å²) in [6.45, 7) is 2.15. The van der Waals surface area contributed by atoms with E-state index in [1.165, 1.54) is 25.0 Å². The Bertz CT molecular complexity index is 605. The normalized spacial score (nSPS) is 11.3. The third-order valence-corrected chi connectivity index (χ3v) is 2.69. The zero-order chi connectivity index (χ0) is 13.1. The lowest BCUT2D eigenvalue weighted by Crippen LogP contribution is -2.29. The fraction of sp³-hybridized carbons (Fsp3) is 0.417. The highest BCUT2D eigenvalue weighted by molar-refractivity contribution is 5.69. The lowest BCUT2D eigenvalue weighted by Gasteiger charge is -2.16. The van der Waals surface area contributed by atoms with E-state index >= 15 is 0 Å². The second kappa shape index (κ2) is 5.24. The van der Waals surface area contributed by atoms with Crippen molar-refractivity contribution in [3.05, 3.63) is 34.4 Å². The first-order chi connectivity index (χ1) is 8.65. The SMILES string of the molecule is COC(Cn1c(=O)cnc2ccc(C)nc21)OC. The zero-order valence-corrected chi connectivity index (χ0v) is 10.6. The van der Waals surface area contributed by atoms with Gasteiger partial charge in [-0.05, 0) is 19.1 Å².